The number of pyridine rings is 1. The molecule has 31 heavy (non-hydrogen) atoms. The fraction of sp³-hybridized carbons (Fsp3) is 0.261. The van der Waals surface area contributed by atoms with Crippen LogP contribution in [0.1, 0.15) is 22.3 Å². The van der Waals surface area contributed by atoms with Gasteiger partial charge in [0.2, 0.25) is 5.91 Å². The Kier molecular flexibility index (Phi) is 4.86. The number of nitrogens with one attached hydrogen (secondary N) is 2. The second-order valence-corrected chi connectivity index (χ2v) is 8.91. The predicted octanol–water partition coefficient (Wildman–Crippen LogP) is 4.13. The summed E-state index contributed by atoms with van der Waals surface area (Å²) in [6.07, 6.45) is 1.76. The van der Waals surface area contributed by atoms with E-state index >= 15 is 0 Å². The predicted molar refractivity (Wildman–Crippen MR) is 124 cm³/mol. The monoisotopic (exact) mass is 433 g/mol. The molecule has 5 rings (SSSR count). The molecule has 7 nitrogen and oxygen atoms in total. The van der Waals surface area contributed by atoms with Crippen LogP contribution in [-0.2, 0) is 4.79 Å². The molecule has 0 radical (unpaired) electrons. The van der Waals surface area contributed by atoms with Gasteiger partial charge in [-0.3, -0.25) is 14.6 Å². The molecule has 1 aliphatic heterocycles. The van der Waals surface area contributed by atoms with Crippen molar-refractivity contribution in [3.05, 3.63) is 53.2 Å². The van der Waals surface area contributed by atoms with Crippen molar-refractivity contribution in [1.82, 2.24) is 19.8 Å². The Morgan fingerprint density at radius 2 is 1.84 bits per heavy atom. The van der Waals surface area contributed by atoms with Crippen LogP contribution in [0, 0.1) is 6.92 Å². The van der Waals surface area contributed by atoms with Gasteiger partial charge < -0.3 is 20.1 Å². The van der Waals surface area contributed by atoms with Gasteiger partial charge >= 0.3 is 0 Å². The molecule has 0 bridgehead atoms. The first-order valence-corrected chi connectivity index (χ1v) is 11.1. The molecule has 8 heteroatoms. The van der Waals surface area contributed by atoms with Crippen LogP contribution >= 0.6 is 11.3 Å². The lowest BCUT2D eigenvalue weighted by molar-refractivity contribution is -0.130. The minimum atomic E-state index is 0.00127. The van der Waals surface area contributed by atoms with E-state index in [4.69, 9.17) is 0 Å². The number of aromatic nitrogens is 2. The molecular formula is C23H23N5O2S. The number of rotatable bonds is 3. The van der Waals surface area contributed by atoms with Crippen molar-refractivity contribution in [1.29, 1.82) is 0 Å². The first-order valence-electron chi connectivity index (χ1n) is 10.3. The molecule has 1 saturated heterocycles. The maximum Gasteiger partial charge on any atom is 0.264 e. The van der Waals surface area contributed by atoms with Crippen LogP contribution in [0.5, 0.6) is 0 Å². The van der Waals surface area contributed by atoms with E-state index in [1.807, 2.05) is 30.0 Å². The number of thiophene rings is 1. The number of hydrogen-bond acceptors (Lipinski definition) is 5. The van der Waals surface area contributed by atoms with Crippen molar-refractivity contribution in [3.8, 4) is 0 Å². The lowest BCUT2D eigenvalue weighted by Gasteiger charge is -2.33. The summed E-state index contributed by atoms with van der Waals surface area (Å²) in [6, 6.07) is 12.1. The number of H-pyrrole nitrogens is 1. The molecule has 0 atom stereocenters. The van der Waals surface area contributed by atoms with E-state index in [0.29, 0.717) is 31.1 Å². The topological polar surface area (TPSA) is 81.3 Å². The summed E-state index contributed by atoms with van der Waals surface area (Å²) in [5.74, 6) is 0.0586. The minimum absolute atomic E-state index is 0.00127. The Morgan fingerprint density at radius 1 is 1.06 bits per heavy atom. The molecule has 2 N–H and O–H groups in total. The number of nitrogens with zero attached hydrogens (tertiary/aromatic N) is 3. The molecule has 1 aliphatic rings. The van der Waals surface area contributed by atoms with E-state index in [1.165, 1.54) is 11.3 Å². The Balaban J connectivity index is 1.39. The fourth-order valence-electron chi connectivity index (χ4n) is 4.03. The van der Waals surface area contributed by atoms with Gasteiger partial charge in [-0.1, -0.05) is 0 Å². The van der Waals surface area contributed by atoms with E-state index in [2.05, 4.69) is 33.5 Å². The van der Waals surface area contributed by atoms with E-state index in [0.717, 1.165) is 38.2 Å². The number of benzene rings is 1. The molecule has 3 aromatic heterocycles. The number of amides is 2. The Labute approximate surface area is 183 Å². The van der Waals surface area contributed by atoms with Crippen molar-refractivity contribution in [3.63, 3.8) is 0 Å². The number of carbonyl (C=O) groups is 2. The van der Waals surface area contributed by atoms with Crippen molar-refractivity contribution < 1.29 is 9.59 Å². The number of anilines is 2. The zero-order valence-corrected chi connectivity index (χ0v) is 18.3. The highest BCUT2D eigenvalue weighted by Crippen LogP contribution is 2.33. The zero-order valence-electron chi connectivity index (χ0n) is 17.4. The molecule has 0 saturated carbocycles. The average Bonchev–Trinajstić information content (AvgIpc) is 3.36. The molecule has 1 fully saturated rings. The number of fused-ring (bicyclic) bond motifs is 2. The van der Waals surface area contributed by atoms with Gasteiger partial charge in [0.15, 0.2) is 0 Å². The van der Waals surface area contributed by atoms with Crippen LogP contribution in [0.15, 0.2) is 42.6 Å². The fourth-order valence-corrected chi connectivity index (χ4v) is 5.09. The molecule has 158 valence electrons. The van der Waals surface area contributed by atoms with Crippen LogP contribution in [0.4, 0.5) is 11.4 Å². The molecule has 4 heterocycles. The number of hydrogen-bond donors (Lipinski definition) is 2. The quantitative estimate of drug-likeness (QED) is 0.509. The first-order chi connectivity index (χ1) is 15.0. The van der Waals surface area contributed by atoms with Gasteiger partial charge in [-0.05, 0) is 43.3 Å². The standard InChI is InChI=1S/C23H23N5O2S/c1-14-11-16-12-17(3-4-18(16)25-14)26-19-5-6-24-20-13-21(31-22(19)20)23(30)28-9-7-27(8-10-28)15(2)29/h3-6,11-13,25H,7-10H2,1-2H3,(H,24,26). The summed E-state index contributed by atoms with van der Waals surface area (Å²) in [6.45, 7) is 5.89. The van der Waals surface area contributed by atoms with E-state index in [9.17, 15) is 9.59 Å². The largest absolute Gasteiger partial charge is 0.359 e. The highest BCUT2D eigenvalue weighted by molar-refractivity contribution is 7.21. The highest BCUT2D eigenvalue weighted by Gasteiger charge is 2.25. The van der Waals surface area contributed by atoms with Crippen molar-refractivity contribution in [2.45, 2.75) is 13.8 Å². The number of carbonyl (C=O) groups excluding carboxylic acids is 2. The molecule has 0 spiro atoms. The molecule has 1 aromatic carbocycles. The van der Waals surface area contributed by atoms with E-state index < -0.39 is 0 Å². The summed E-state index contributed by atoms with van der Waals surface area (Å²) in [5.41, 5.74) is 4.96. The molecule has 2 amide bonds. The van der Waals surface area contributed by atoms with Crippen LogP contribution < -0.4 is 5.32 Å². The lowest BCUT2D eigenvalue weighted by Crippen LogP contribution is -2.49. The third-order valence-corrected chi connectivity index (χ3v) is 6.81. The second-order valence-electron chi connectivity index (χ2n) is 7.86. The molecular weight excluding hydrogens is 410 g/mol. The van der Waals surface area contributed by atoms with Gasteiger partial charge in [-0.15, -0.1) is 11.3 Å². The maximum atomic E-state index is 13.0. The van der Waals surface area contributed by atoms with Crippen molar-refractivity contribution in [2.24, 2.45) is 0 Å². The van der Waals surface area contributed by atoms with Crippen molar-refractivity contribution in [2.75, 3.05) is 31.5 Å². The zero-order chi connectivity index (χ0) is 21.5. The maximum absolute atomic E-state index is 13.0. The summed E-state index contributed by atoms with van der Waals surface area (Å²) in [4.78, 5) is 36.6. The summed E-state index contributed by atoms with van der Waals surface area (Å²) < 4.78 is 0.957. The van der Waals surface area contributed by atoms with Gasteiger partial charge in [0, 0.05) is 61.6 Å². The van der Waals surface area contributed by atoms with Gasteiger partial charge in [0.25, 0.3) is 5.91 Å². The number of aromatic amines is 1. The van der Waals surface area contributed by atoms with Gasteiger partial charge in [-0.2, -0.15) is 0 Å². The summed E-state index contributed by atoms with van der Waals surface area (Å²) in [5, 5.41) is 4.64. The minimum Gasteiger partial charge on any atom is -0.359 e. The number of piperazine rings is 1. The van der Waals surface area contributed by atoms with Crippen molar-refractivity contribution >= 4 is 55.6 Å². The smallest absolute Gasteiger partial charge is 0.264 e. The molecule has 0 unspecified atom stereocenters. The highest BCUT2D eigenvalue weighted by atomic mass is 32.1. The lowest BCUT2D eigenvalue weighted by atomic mass is 10.2. The van der Waals surface area contributed by atoms with Gasteiger partial charge in [0.05, 0.1) is 20.8 Å². The SMILES string of the molecule is CC(=O)N1CCN(C(=O)c2cc3nccc(Nc4ccc5[nH]c(C)cc5c4)c3s2)CC1. The Hall–Kier alpha value is -3.39. The third-order valence-electron chi connectivity index (χ3n) is 5.67. The Morgan fingerprint density at radius 3 is 2.61 bits per heavy atom. The van der Waals surface area contributed by atoms with Crippen LogP contribution in [0.25, 0.3) is 21.1 Å². The molecule has 4 aromatic rings. The summed E-state index contributed by atoms with van der Waals surface area (Å²) in [7, 11) is 0. The number of aryl methyl sites for hydroxylation is 1. The first kappa shape index (κ1) is 19.6. The third kappa shape index (κ3) is 3.74. The van der Waals surface area contributed by atoms with E-state index in [-0.39, 0.29) is 11.8 Å². The van der Waals surface area contributed by atoms with Gasteiger partial charge in [-0.25, -0.2) is 0 Å². The Bertz CT molecular complexity index is 1300. The molecule has 0 aliphatic carbocycles. The second kappa shape index (κ2) is 7.70. The normalized spacial score (nSPS) is 14.4. The van der Waals surface area contributed by atoms with E-state index in [1.54, 1.807) is 18.0 Å². The van der Waals surface area contributed by atoms with Crippen LogP contribution in [0.3, 0.4) is 0 Å². The van der Waals surface area contributed by atoms with Gasteiger partial charge in [0.1, 0.15) is 0 Å². The van der Waals surface area contributed by atoms with Crippen LogP contribution in [0.2, 0.25) is 0 Å². The average molecular weight is 434 g/mol. The van der Waals surface area contributed by atoms with Crippen LogP contribution in [-0.4, -0.2) is 57.8 Å². The summed E-state index contributed by atoms with van der Waals surface area (Å²) >= 11 is 1.46.